The lowest BCUT2D eigenvalue weighted by Crippen LogP contribution is -2.41. The first kappa shape index (κ1) is 25.1. The zero-order valence-electron chi connectivity index (χ0n) is 18.5. The second kappa shape index (κ2) is 11.3. The summed E-state index contributed by atoms with van der Waals surface area (Å²) < 4.78 is 0. The minimum absolute atomic E-state index is 0.191. The van der Waals surface area contributed by atoms with Crippen LogP contribution in [0.15, 0.2) is 58.7 Å². The average molecular weight is 416 g/mol. The molecule has 0 bridgehead atoms. The maximum Gasteiger partial charge on any atom is 0.326 e. The molecule has 30 heavy (non-hydrogen) atoms. The normalized spacial score (nSPS) is 18.7. The van der Waals surface area contributed by atoms with Crippen LogP contribution in [0.3, 0.4) is 0 Å². The van der Waals surface area contributed by atoms with Gasteiger partial charge in [0.15, 0.2) is 0 Å². The van der Waals surface area contributed by atoms with E-state index >= 15 is 0 Å². The smallest absolute Gasteiger partial charge is 0.326 e. The number of aliphatic carboxylic acids is 2. The van der Waals surface area contributed by atoms with Gasteiger partial charge in [-0.25, -0.2) is 4.79 Å². The van der Waals surface area contributed by atoms with E-state index < -0.39 is 30.3 Å². The van der Waals surface area contributed by atoms with Crippen molar-refractivity contribution in [1.82, 2.24) is 5.32 Å². The number of carboxylic acid groups (broad SMARTS) is 2. The van der Waals surface area contributed by atoms with Crippen LogP contribution in [-0.4, -0.2) is 34.1 Å². The Bertz CT molecular complexity index is 825. The lowest BCUT2D eigenvalue weighted by molar-refractivity contribution is -0.146. The van der Waals surface area contributed by atoms with Gasteiger partial charge in [-0.2, -0.15) is 0 Å². The second-order valence-electron chi connectivity index (χ2n) is 8.42. The van der Waals surface area contributed by atoms with Gasteiger partial charge in [-0.1, -0.05) is 55.4 Å². The molecule has 0 aromatic carbocycles. The second-order valence-corrected chi connectivity index (χ2v) is 8.42. The molecule has 0 aliphatic heterocycles. The van der Waals surface area contributed by atoms with E-state index in [0.29, 0.717) is 5.57 Å². The highest BCUT2D eigenvalue weighted by molar-refractivity contribution is 5.93. The fourth-order valence-corrected chi connectivity index (χ4v) is 3.48. The van der Waals surface area contributed by atoms with Gasteiger partial charge in [-0.05, 0) is 56.6 Å². The minimum atomic E-state index is -1.46. The summed E-state index contributed by atoms with van der Waals surface area (Å²) in [6, 6.07) is -1.46. The van der Waals surface area contributed by atoms with Gasteiger partial charge in [0.25, 0.3) is 0 Å². The number of carboxylic acids is 2. The van der Waals surface area contributed by atoms with E-state index in [-0.39, 0.29) is 5.41 Å². The predicted molar refractivity (Wildman–Crippen MR) is 118 cm³/mol. The lowest BCUT2D eigenvalue weighted by atomic mass is 9.72. The Balaban J connectivity index is 2.74. The number of nitrogens with one attached hydrogen (secondary N) is 1. The molecule has 164 valence electrons. The number of carbonyl (C=O) groups excluding carboxylic acids is 1. The Hall–Kier alpha value is -2.89. The molecule has 0 saturated heterocycles. The van der Waals surface area contributed by atoms with Gasteiger partial charge in [0.1, 0.15) is 6.04 Å². The molecule has 6 heteroatoms. The molecular formula is C24H33NO5. The fourth-order valence-electron chi connectivity index (χ4n) is 3.48. The summed E-state index contributed by atoms with van der Waals surface area (Å²) >= 11 is 0. The number of hydrogen-bond donors (Lipinski definition) is 3. The molecule has 0 aromatic heterocycles. The average Bonchev–Trinajstić information content (AvgIpc) is 2.59. The highest BCUT2D eigenvalue weighted by Gasteiger charge is 2.26. The van der Waals surface area contributed by atoms with Gasteiger partial charge >= 0.3 is 11.9 Å². The van der Waals surface area contributed by atoms with Crippen molar-refractivity contribution < 1.29 is 24.6 Å². The largest absolute Gasteiger partial charge is 0.481 e. The van der Waals surface area contributed by atoms with E-state index in [9.17, 15) is 14.4 Å². The molecule has 1 atom stereocenters. The van der Waals surface area contributed by atoms with Crippen molar-refractivity contribution in [3.05, 3.63) is 58.7 Å². The van der Waals surface area contributed by atoms with E-state index in [2.05, 4.69) is 38.2 Å². The summed E-state index contributed by atoms with van der Waals surface area (Å²) in [6.07, 6.45) is 13.9. The lowest BCUT2D eigenvalue weighted by Gasteiger charge is -2.32. The van der Waals surface area contributed by atoms with E-state index in [1.807, 2.05) is 19.1 Å². The van der Waals surface area contributed by atoms with E-state index in [1.165, 1.54) is 30.1 Å². The number of allylic oxidation sites excluding steroid dienone is 9. The summed E-state index contributed by atoms with van der Waals surface area (Å²) in [5.41, 5.74) is 4.71. The molecule has 0 heterocycles. The third-order valence-corrected chi connectivity index (χ3v) is 5.13. The summed E-state index contributed by atoms with van der Waals surface area (Å²) in [5.74, 6) is -3.32. The van der Waals surface area contributed by atoms with Crippen molar-refractivity contribution in [3.8, 4) is 0 Å². The molecule has 0 fully saturated rings. The first-order valence-corrected chi connectivity index (χ1v) is 10.1. The van der Waals surface area contributed by atoms with Crippen molar-refractivity contribution in [2.75, 3.05) is 0 Å². The molecule has 0 radical (unpaired) electrons. The summed E-state index contributed by atoms with van der Waals surface area (Å²) in [7, 11) is 0. The Morgan fingerprint density at radius 3 is 2.37 bits per heavy atom. The van der Waals surface area contributed by atoms with Crippen molar-refractivity contribution in [2.45, 2.75) is 66.3 Å². The van der Waals surface area contributed by atoms with Crippen molar-refractivity contribution in [2.24, 2.45) is 5.41 Å². The topological polar surface area (TPSA) is 104 Å². The molecule has 0 aromatic rings. The van der Waals surface area contributed by atoms with Crippen LogP contribution in [0.25, 0.3) is 0 Å². The SMILES string of the molecule is CC1=C(/C=C/C(C)=C/C=C/C(C)=C/C(=O)N[C@@H](CC(=O)O)C(=O)O)C(C)(C)CCC1. The highest BCUT2D eigenvalue weighted by Crippen LogP contribution is 2.40. The fraction of sp³-hybridized carbons (Fsp3) is 0.458. The number of hydrogen-bond acceptors (Lipinski definition) is 3. The number of amides is 1. The van der Waals surface area contributed by atoms with Crippen LogP contribution in [0, 0.1) is 5.41 Å². The van der Waals surface area contributed by atoms with Crippen molar-refractivity contribution in [1.29, 1.82) is 0 Å². The molecule has 1 rings (SSSR count). The molecular weight excluding hydrogens is 382 g/mol. The van der Waals surface area contributed by atoms with E-state index in [0.717, 1.165) is 12.0 Å². The van der Waals surface area contributed by atoms with Gasteiger partial charge in [-0.3, -0.25) is 9.59 Å². The third-order valence-electron chi connectivity index (χ3n) is 5.13. The van der Waals surface area contributed by atoms with Gasteiger partial charge in [0, 0.05) is 6.08 Å². The standard InChI is InChI=1S/C24H33NO5/c1-16(11-12-19-18(3)10-7-13-24(19,4)5)8-6-9-17(2)14-21(26)25-20(23(29)30)15-22(27)28/h6,8-9,11-12,14,20H,7,10,13,15H2,1-5H3,(H,25,26)(H,27,28)(H,29,30)/b9-6+,12-11+,16-8+,17-14+/t20-/m0/s1. The van der Waals surface area contributed by atoms with Crippen LogP contribution in [0.2, 0.25) is 0 Å². The van der Waals surface area contributed by atoms with Crippen molar-refractivity contribution in [3.63, 3.8) is 0 Å². The summed E-state index contributed by atoms with van der Waals surface area (Å²) in [5, 5.41) is 19.9. The Labute approximate surface area is 178 Å². The number of rotatable bonds is 9. The van der Waals surface area contributed by atoms with Gasteiger partial charge < -0.3 is 15.5 Å². The molecule has 1 aliphatic rings. The molecule has 1 amide bonds. The summed E-state index contributed by atoms with van der Waals surface area (Å²) in [6.45, 7) is 10.5. The maximum absolute atomic E-state index is 11.9. The predicted octanol–water partition coefficient (Wildman–Crippen LogP) is 4.56. The van der Waals surface area contributed by atoms with Gasteiger partial charge in [0.05, 0.1) is 6.42 Å². The van der Waals surface area contributed by atoms with Gasteiger partial charge in [0.2, 0.25) is 5.91 Å². The van der Waals surface area contributed by atoms with Gasteiger partial charge in [-0.15, -0.1) is 0 Å². The minimum Gasteiger partial charge on any atom is -0.481 e. The van der Waals surface area contributed by atoms with Crippen LogP contribution in [0.4, 0.5) is 0 Å². The zero-order chi connectivity index (χ0) is 22.9. The van der Waals surface area contributed by atoms with Crippen LogP contribution >= 0.6 is 0 Å². The quantitative estimate of drug-likeness (QED) is 0.378. The monoisotopic (exact) mass is 415 g/mol. The Morgan fingerprint density at radius 1 is 1.13 bits per heavy atom. The van der Waals surface area contributed by atoms with Crippen LogP contribution in [0.1, 0.15) is 60.3 Å². The first-order chi connectivity index (χ1) is 13.9. The van der Waals surface area contributed by atoms with Crippen LogP contribution in [0.5, 0.6) is 0 Å². The third kappa shape index (κ3) is 8.64. The molecule has 0 unspecified atom stereocenters. The number of carbonyl (C=O) groups is 3. The summed E-state index contributed by atoms with van der Waals surface area (Å²) in [4.78, 5) is 33.6. The van der Waals surface area contributed by atoms with Crippen LogP contribution in [-0.2, 0) is 14.4 Å². The Kier molecular flexibility index (Phi) is 9.50. The zero-order valence-corrected chi connectivity index (χ0v) is 18.5. The van der Waals surface area contributed by atoms with E-state index in [1.54, 1.807) is 13.0 Å². The van der Waals surface area contributed by atoms with E-state index in [4.69, 9.17) is 10.2 Å². The molecule has 3 N–H and O–H groups in total. The Morgan fingerprint density at radius 2 is 1.80 bits per heavy atom. The molecule has 6 nitrogen and oxygen atoms in total. The molecule has 0 spiro atoms. The molecule has 0 saturated carbocycles. The molecule has 1 aliphatic carbocycles. The maximum atomic E-state index is 11.9. The van der Waals surface area contributed by atoms with Crippen LogP contribution < -0.4 is 5.32 Å². The first-order valence-electron chi connectivity index (χ1n) is 10.1. The highest BCUT2D eigenvalue weighted by atomic mass is 16.4. The van der Waals surface area contributed by atoms with Crippen molar-refractivity contribution >= 4 is 17.8 Å².